The summed E-state index contributed by atoms with van der Waals surface area (Å²) < 4.78 is 0. The summed E-state index contributed by atoms with van der Waals surface area (Å²) >= 11 is 0. The topological polar surface area (TPSA) is 15.3 Å². The van der Waals surface area contributed by atoms with Gasteiger partial charge in [0, 0.05) is 30.4 Å². The van der Waals surface area contributed by atoms with Gasteiger partial charge in [0.25, 0.3) is 0 Å². The van der Waals surface area contributed by atoms with E-state index in [-0.39, 0.29) is 5.54 Å². The molecule has 0 aliphatic carbocycles. The van der Waals surface area contributed by atoms with Crippen molar-refractivity contribution in [2.45, 2.75) is 52.1 Å². The molecule has 2 rings (SSSR count). The first-order valence-electron chi connectivity index (χ1n) is 7.18. The van der Waals surface area contributed by atoms with Crippen LogP contribution in [0.2, 0.25) is 0 Å². The quantitative estimate of drug-likeness (QED) is 0.880. The normalized spacial score (nSPS) is 23.1. The van der Waals surface area contributed by atoms with E-state index >= 15 is 0 Å². The zero-order valence-electron chi connectivity index (χ0n) is 12.2. The first-order chi connectivity index (χ1) is 8.60. The highest BCUT2D eigenvalue weighted by Crippen LogP contribution is 2.27. The van der Waals surface area contributed by atoms with Crippen LogP contribution in [0.5, 0.6) is 0 Å². The Balaban J connectivity index is 2.22. The molecule has 0 amide bonds. The number of hydrogen-bond donors (Lipinski definition) is 1. The molecule has 1 aliphatic rings. The number of hydrogen-bond acceptors (Lipinski definition) is 2. The van der Waals surface area contributed by atoms with Crippen molar-refractivity contribution in [1.82, 2.24) is 5.32 Å². The van der Waals surface area contributed by atoms with Crippen LogP contribution in [0.1, 0.15) is 39.2 Å². The van der Waals surface area contributed by atoms with Crippen LogP contribution < -0.4 is 10.2 Å². The second kappa shape index (κ2) is 5.31. The lowest BCUT2D eigenvalue weighted by atomic mass is 9.88. The van der Waals surface area contributed by atoms with E-state index in [2.05, 4.69) is 62.2 Å². The highest BCUT2D eigenvalue weighted by atomic mass is 15.3. The standard InChI is InChI=1S/C16H26N2/c1-5-16(6-2)12-18(14(4)11-17-16)15-9-7-13(3)8-10-15/h7-10,14,17H,5-6,11-12H2,1-4H3. The summed E-state index contributed by atoms with van der Waals surface area (Å²) in [7, 11) is 0. The number of nitrogens with zero attached hydrogens (tertiary/aromatic N) is 1. The monoisotopic (exact) mass is 246 g/mol. The van der Waals surface area contributed by atoms with Crippen LogP contribution in [0.3, 0.4) is 0 Å². The Morgan fingerprint density at radius 2 is 1.83 bits per heavy atom. The summed E-state index contributed by atoms with van der Waals surface area (Å²) in [5, 5.41) is 3.75. The third kappa shape index (κ3) is 2.54. The SMILES string of the molecule is CCC1(CC)CN(c2ccc(C)cc2)C(C)CN1. The highest BCUT2D eigenvalue weighted by molar-refractivity contribution is 5.49. The lowest BCUT2D eigenvalue weighted by Gasteiger charge is -2.47. The molecule has 100 valence electrons. The van der Waals surface area contributed by atoms with Crippen molar-refractivity contribution >= 4 is 5.69 Å². The molecule has 1 fully saturated rings. The van der Waals surface area contributed by atoms with Gasteiger partial charge >= 0.3 is 0 Å². The lowest BCUT2D eigenvalue weighted by Crippen LogP contribution is -2.63. The number of piperazine rings is 1. The molecule has 1 unspecified atom stereocenters. The Bertz CT molecular complexity index is 379. The Hall–Kier alpha value is -1.02. The summed E-state index contributed by atoms with van der Waals surface area (Å²) in [6.07, 6.45) is 2.39. The molecule has 0 bridgehead atoms. The fraction of sp³-hybridized carbons (Fsp3) is 0.625. The molecule has 1 N–H and O–H groups in total. The Morgan fingerprint density at radius 1 is 1.22 bits per heavy atom. The molecular formula is C16H26N2. The van der Waals surface area contributed by atoms with E-state index in [0.717, 1.165) is 13.1 Å². The minimum atomic E-state index is 0.289. The Morgan fingerprint density at radius 3 is 2.39 bits per heavy atom. The van der Waals surface area contributed by atoms with Crippen molar-refractivity contribution < 1.29 is 0 Å². The smallest absolute Gasteiger partial charge is 0.0387 e. The molecule has 2 nitrogen and oxygen atoms in total. The molecule has 0 spiro atoms. The van der Waals surface area contributed by atoms with Gasteiger partial charge in [-0.2, -0.15) is 0 Å². The highest BCUT2D eigenvalue weighted by Gasteiger charge is 2.34. The van der Waals surface area contributed by atoms with Gasteiger partial charge in [0.15, 0.2) is 0 Å². The zero-order valence-corrected chi connectivity index (χ0v) is 12.2. The first-order valence-corrected chi connectivity index (χ1v) is 7.18. The van der Waals surface area contributed by atoms with Crippen LogP contribution >= 0.6 is 0 Å². The lowest BCUT2D eigenvalue weighted by molar-refractivity contribution is 0.254. The maximum Gasteiger partial charge on any atom is 0.0387 e. The van der Waals surface area contributed by atoms with Gasteiger partial charge in [-0.1, -0.05) is 31.5 Å². The van der Waals surface area contributed by atoms with Crippen molar-refractivity contribution in [3.8, 4) is 0 Å². The van der Waals surface area contributed by atoms with Crippen LogP contribution in [-0.4, -0.2) is 24.7 Å². The minimum absolute atomic E-state index is 0.289. The first kappa shape index (κ1) is 13.4. The molecule has 18 heavy (non-hydrogen) atoms. The maximum atomic E-state index is 3.75. The molecule has 0 saturated carbocycles. The predicted octanol–water partition coefficient (Wildman–Crippen LogP) is 3.35. The molecule has 0 aromatic heterocycles. The van der Waals surface area contributed by atoms with E-state index in [1.165, 1.54) is 24.1 Å². The molecule has 1 saturated heterocycles. The molecule has 1 heterocycles. The van der Waals surface area contributed by atoms with E-state index in [4.69, 9.17) is 0 Å². The second-order valence-electron chi connectivity index (χ2n) is 5.68. The number of aryl methyl sites for hydroxylation is 1. The average molecular weight is 246 g/mol. The Kier molecular flexibility index (Phi) is 3.96. The largest absolute Gasteiger partial charge is 0.366 e. The van der Waals surface area contributed by atoms with Gasteiger partial charge in [0.1, 0.15) is 0 Å². The second-order valence-corrected chi connectivity index (χ2v) is 5.68. The van der Waals surface area contributed by atoms with Crippen molar-refractivity contribution in [2.24, 2.45) is 0 Å². The third-order valence-electron chi connectivity index (χ3n) is 4.50. The Labute approximate surface area is 111 Å². The molecule has 1 aromatic rings. The van der Waals surface area contributed by atoms with Crippen molar-refractivity contribution in [1.29, 1.82) is 0 Å². The van der Waals surface area contributed by atoms with Crippen LogP contribution in [0.25, 0.3) is 0 Å². The molecule has 1 atom stereocenters. The van der Waals surface area contributed by atoms with E-state index in [9.17, 15) is 0 Å². The van der Waals surface area contributed by atoms with E-state index < -0.39 is 0 Å². The molecule has 1 aromatic carbocycles. The number of nitrogens with one attached hydrogen (secondary N) is 1. The average Bonchev–Trinajstić information content (AvgIpc) is 2.41. The molecule has 2 heteroatoms. The van der Waals surface area contributed by atoms with Gasteiger partial charge in [-0.25, -0.2) is 0 Å². The fourth-order valence-corrected chi connectivity index (χ4v) is 2.82. The summed E-state index contributed by atoms with van der Waals surface area (Å²) in [5.41, 5.74) is 2.98. The predicted molar refractivity (Wildman–Crippen MR) is 79.3 cm³/mol. The number of benzene rings is 1. The van der Waals surface area contributed by atoms with E-state index in [1.807, 2.05) is 0 Å². The summed E-state index contributed by atoms with van der Waals surface area (Å²) in [4.78, 5) is 2.56. The van der Waals surface area contributed by atoms with Gasteiger partial charge in [-0.15, -0.1) is 0 Å². The van der Waals surface area contributed by atoms with E-state index in [0.29, 0.717) is 6.04 Å². The molecule has 1 aliphatic heterocycles. The number of rotatable bonds is 3. The van der Waals surface area contributed by atoms with Crippen LogP contribution in [0.4, 0.5) is 5.69 Å². The van der Waals surface area contributed by atoms with Gasteiger partial charge in [0.05, 0.1) is 0 Å². The van der Waals surface area contributed by atoms with Crippen molar-refractivity contribution in [2.75, 3.05) is 18.0 Å². The van der Waals surface area contributed by atoms with Gasteiger partial charge in [0.2, 0.25) is 0 Å². The van der Waals surface area contributed by atoms with Gasteiger partial charge < -0.3 is 10.2 Å². The van der Waals surface area contributed by atoms with E-state index in [1.54, 1.807) is 0 Å². The summed E-state index contributed by atoms with van der Waals surface area (Å²) in [5.74, 6) is 0. The van der Waals surface area contributed by atoms with Gasteiger partial charge in [-0.05, 0) is 38.8 Å². The number of anilines is 1. The summed E-state index contributed by atoms with van der Waals surface area (Å²) in [6.45, 7) is 11.2. The third-order valence-corrected chi connectivity index (χ3v) is 4.50. The van der Waals surface area contributed by atoms with Crippen molar-refractivity contribution in [3.63, 3.8) is 0 Å². The van der Waals surface area contributed by atoms with Crippen LogP contribution in [0, 0.1) is 6.92 Å². The minimum Gasteiger partial charge on any atom is -0.366 e. The maximum absolute atomic E-state index is 3.75. The molecule has 0 radical (unpaired) electrons. The van der Waals surface area contributed by atoms with Crippen LogP contribution in [0.15, 0.2) is 24.3 Å². The van der Waals surface area contributed by atoms with Crippen molar-refractivity contribution in [3.05, 3.63) is 29.8 Å². The van der Waals surface area contributed by atoms with Gasteiger partial charge in [-0.3, -0.25) is 0 Å². The fourth-order valence-electron chi connectivity index (χ4n) is 2.82. The molecular weight excluding hydrogens is 220 g/mol. The summed E-state index contributed by atoms with van der Waals surface area (Å²) in [6, 6.07) is 9.51. The van der Waals surface area contributed by atoms with Crippen LogP contribution in [-0.2, 0) is 0 Å². The zero-order chi connectivity index (χ0) is 13.2.